The van der Waals surface area contributed by atoms with Crippen LogP contribution in [0.2, 0.25) is 0 Å². The zero-order valence-electron chi connectivity index (χ0n) is 31.4. The summed E-state index contributed by atoms with van der Waals surface area (Å²) < 4.78 is 40.4. The van der Waals surface area contributed by atoms with Crippen LogP contribution in [0.15, 0.2) is 72.9 Å². The molecule has 1 aliphatic heterocycles. The van der Waals surface area contributed by atoms with Gasteiger partial charge in [0.15, 0.2) is 5.78 Å². The number of benzene rings is 2. The van der Waals surface area contributed by atoms with Gasteiger partial charge in [0.2, 0.25) is 5.91 Å². The van der Waals surface area contributed by atoms with Gasteiger partial charge >= 0.3 is 20.8 Å². The maximum atomic E-state index is 14.0. The largest absolute Gasteiger partial charge is 0.778 e. The lowest BCUT2D eigenvalue weighted by molar-refractivity contribution is -0.194. The van der Waals surface area contributed by atoms with Crippen molar-refractivity contribution in [2.24, 2.45) is 11.8 Å². The molecule has 0 saturated heterocycles. The minimum absolute atomic E-state index is 0.0437. The molecule has 2 amide bonds. The van der Waals surface area contributed by atoms with E-state index < -0.39 is 57.9 Å². The second kappa shape index (κ2) is 20.4. The predicted molar refractivity (Wildman–Crippen MR) is 204 cm³/mol. The minimum atomic E-state index is -5.48. The molecule has 2 aromatic carbocycles. The van der Waals surface area contributed by atoms with Crippen molar-refractivity contribution in [2.75, 3.05) is 18.6 Å². The summed E-state index contributed by atoms with van der Waals surface area (Å²) in [7, 11) is -10.1. The number of ether oxygens (including phenoxy) is 1. The van der Waals surface area contributed by atoms with Gasteiger partial charge in [0, 0.05) is 44.1 Å². The number of ketones is 2. The van der Waals surface area contributed by atoms with Crippen LogP contribution in [0.5, 0.6) is 0 Å². The Bertz CT molecular complexity index is 1890. The first kappa shape index (κ1) is 44.7. The summed E-state index contributed by atoms with van der Waals surface area (Å²) in [5.74, 6) is -2.48. The van der Waals surface area contributed by atoms with Crippen LogP contribution in [0.3, 0.4) is 0 Å². The zero-order chi connectivity index (χ0) is 41.0. The van der Waals surface area contributed by atoms with Crippen LogP contribution in [0.4, 0.5) is 10.5 Å². The lowest BCUT2D eigenvalue weighted by Crippen LogP contribution is -2.51. The molecule has 0 aliphatic carbocycles. The molecule has 1 aliphatic rings. The number of hydrogen-bond acceptors (Lipinski definition) is 11. The molecule has 0 radical (unpaired) electrons. The van der Waals surface area contributed by atoms with Gasteiger partial charge in [-0.15, -0.1) is 0 Å². The van der Waals surface area contributed by atoms with Gasteiger partial charge in [-0.2, -0.15) is 0 Å². The highest BCUT2D eigenvalue weighted by Crippen LogP contribution is 2.59. The van der Waals surface area contributed by atoms with Crippen molar-refractivity contribution < 1.29 is 61.9 Å². The quantitative estimate of drug-likeness (QED) is 0.0575. The summed E-state index contributed by atoms with van der Waals surface area (Å²) in [6.45, 7) is 4.03. The van der Waals surface area contributed by atoms with E-state index in [0.29, 0.717) is 18.5 Å². The zero-order valence-corrected chi connectivity index (χ0v) is 33.2. The van der Waals surface area contributed by atoms with E-state index in [4.69, 9.17) is 18.9 Å². The fourth-order valence-electron chi connectivity index (χ4n) is 6.14. The van der Waals surface area contributed by atoms with Gasteiger partial charge in [0.1, 0.15) is 24.5 Å². The van der Waals surface area contributed by atoms with E-state index in [-0.39, 0.29) is 62.4 Å². The third-order valence-corrected chi connectivity index (χ3v) is 12.8. The monoisotopic (exact) mass is 814 g/mol. The van der Waals surface area contributed by atoms with Crippen LogP contribution >= 0.6 is 15.2 Å². The Balaban J connectivity index is 1.36. The van der Waals surface area contributed by atoms with Crippen LogP contribution in [-0.2, 0) is 52.4 Å². The molecule has 2 heterocycles. The van der Waals surface area contributed by atoms with Gasteiger partial charge in [0.05, 0.1) is 25.8 Å². The van der Waals surface area contributed by atoms with E-state index in [0.717, 1.165) is 16.7 Å². The molecule has 56 heavy (non-hydrogen) atoms. The van der Waals surface area contributed by atoms with E-state index in [2.05, 4.69) is 10.3 Å². The van der Waals surface area contributed by atoms with Crippen LogP contribution in [0.1, 0.15) is 73.1 Å². The van der Waals surface area contributed by atoms with Gasteiger partial charge in [-0.3, -0.25) is 28.8 Å². The second-order valence-corrected chi connectivity index (χ2v) is 18.0. The van der Waals surface area contributed by atoms with Crippen molar-refractivity contribution in [3.05, 3.63) is 95.3 Å². The summed E-state index contributed by atoms with van der Waals surface area (Å²) >= 11 is 0. The molecule has 2 unspecified atom stereocenters. The van der Waals surface area contributed by atoms with Crippen LogP contribution in [0, 0.1) is 11.8 Å². The maximum absolute atomic E-state index is 14.0. The summed E-state index contributed by atoms with van der Waals surface area (Å²) in [5, 5.41) is 0.588. The number of fused-ring (bicyclic) bond motifs is 1. The molecule has 0 saturated carbocycles. The highest BCUT2D eigenvalue weighted by molar-refractivity contribution is 7.70. The molecule has 1 aromatic heterocycles. The second-order valence-electron chi connectivity index (χ2n) is 14.1. The van der Waals surface area contributed by atoms with Crippen molar-refractivity contribution in [1.29, 1.82) is 0 Å². The molecule has 302 valence electrons. The number of hydrogen-bond donors (Lipinski definition) is 4. The lowest BCUT2D eigenvalue weighted by Gasteiger charge is -2.27. The first-order valence-electron chi connectivity index (χ1n) is 18.1. The minimum Gasteiger partial charge on any atom is -0.778 e. The third kappa shape index (κ3) is 13.6. The van der Waals surface area contributed by atoms with Crippen LogP contribution in [0.25, 0.3) is 0 Å². The highest BCUT2D eigenvalue weighted by atomic mass is 31.2. The molecule has 0 spiro atoms. The number of carbonyl (C=O) groups is 4. The highest BCUT2D eigenvalue weighted by Gasteiger charge is 2.39. The average molecular weight is 815 g/mol. The standard InChI is InChI=1S/C37H48BN3O13P2/c1-25(2)18-34(40-36(44)28(19-26-10-5-4-6-11-26)21-33(43)32-13-7-8-16-39-32)38-53-23-27-14-15-30(20-29(27)24-54-38)41(3)37(45)52-17-9-12-31(42)22-35(55(46,47)48)56(49,50)51/h4-8,10-11,13-16,20,25,28,34-35H,9,12,17-19,21-24H2,1-3H3,(H,40,44)(H2,46,47,48)(H2,49,50,51)/p-1/t28-,34+/m0/s1. The van der Waals surface area contributed by atoms with Crippen molar-refractivity contribution in [3.63, 3.8) is 0 Å². The van der Waals surface area contributed by atoms with Gasteiger partial charge < -0.3 is 43.5 Å². The smallest absolute Gasteiger partial charge is 0.481 e. The number of aromatic nitrogens is 1. The molecule has 0 bridgehead atoms. The Morgan fingerprint density at radius 1 is 0.964 bits per heavy atom. The molecule has 4 atom stereocenters. The van der Waals surface area contributed by atoms with Gasteiger partial charge in [-0.05, 0) is 66.1 Å². The number of amides is 2. The summed E-state index contributed by atoms with van der Waals surface area (Å²) in [5.41, 5.74) is 3.18. The Morgan fingerprint density at radius 3 is 2.27 bits per heavy atom. The van der Waals surface area contributed by atoms with Crippen molar-refractivity contribution in [1.82, 2.24) is 10.3 Å². The number of Topliss-reactive ketones (excluding diaryl/α,β-unsaturated/α-hetero) is 2. The van der Waals surface area contributed by atoms with Crippen LogP contribution < -0.4 is 15.1 Å². The fourth-order valence-corrected chi connectivity index (χ4v) is 8.54. The molecule has 4 N–H and O–H groups in total. The summed E-state index contributed by atoms with van der Waals surface area (Å²) in [6, 6.07) is 19.7. The van der Waals surface area contributed by atoms with Crippen molar-refractivity contribution >= 4 is 51.6 Å². The molecule has 3 aromatic rings. The Hall–Kier alpha value is -4.05. The van der Waals surface area contributed by atoms with Gasteiger partial charge in [-0.25, -0.2) is 4.79 Å². The predicted octanol–water partition coefficient (Wildman–Crippen LogP) is 4.18. The van der Waals surface area contributed by atoms with E-state index in [9.17, 15) is 43.0 Å². The summed E-state index contributed by atoms with van der Waals surface area (Å²) in [4.78, 5) is 96.4. The van der Waals surface area contributed by atoms with Crippen LogP contribution in [-0.4, -0.2) is 75.3 Å². The lowest BCUT2D eigenvalue weighted by atomic mass is 9.73. The third-order valence-electron chi connectivity index (χ3n) is 9.12. The molecule has 16 nitrogen and oxygen atoms in total. The maximum Gasteiger partial charge on any atom is 0.481 e. The van der Waals surface area contributed by atoms with E-state index in [1.807, 2.05) is 44.2 Å². The average Bonchev–Trinajstić information content (AvgIpc) is 3.36. The number of pyridine rings is 1. The number of anilines is 1. The number of nitrogens with one attached hydrogen (secondary N) is 1. The SMILES string of the molecule is CC(C)C[C@@H](NC(=O)[C@H](CC(=O)c1ccccn1)Cc1ccccc1)B1OCc2ccc(N(C)C(=O)OCCCC(=O)CC(P(=O)([O-])O)P(=O)(O)O)cc2CO1. The van der Waals surface area contributed by atoms with Gasteiger partial charge in [0.25, 0.3) is 0 Å². The Labute approximate surface area is 325 Å². The van der Waals surface area contributed by atoms with E-state index in [1.54, 1.807) is 36.4 Å². The van der Waals surface area contributed by atoms with Crippen molar-refractivity contribution in [3.8, 4) is 0 Å². The van der Waals surface area contributed by atoms with Crippen molar-refractivity contribution in [2.45, 2.75) is 76.9 Å². The number of rotatable bonds is 19. The first-order chi connectivity index (χ1) is 26.4. The number of carbonyl (C=O) groups excluding carboxylic acids is 4. The van der Waals surface area contributed by atoms with E-state index in [1.165, 1.54) is 18.1 Å². The molecular weight excluding hydrogens is 767 g/mol. The van der Waals surface area contributed by atoms with E-state index >= 15 is 0 Å². The summed E-state index contributed by atoms with van der Waals surface area (Å²) in [6.07, 6.45) is 0.110. The Kier molecular flexibility index (Phi) is 16.3. The topological polar surface area (TPSA) is 242 Å². The normalized spacial score (nSPS) is 15.8. The first-order valence-corrected chi connectivity index (χ1v) is 21.4. The molecule has 19 heteroatoms. The molecular formula is C37H47BN3O13P2-. The number of nitrogens with zero attached hydrogens (tertiary/aromatic N) is 2. The molecule has 4 rings (SSSR count). The fraction of sp³-hybridized carbons (Fsp3) is 0.432. The Morgan fingerprint density at radius 2 is 1.64 bits per heavy atom. The van der Waals surface area contributed by atoms with Gasteiger partial charge in [-0.1, -0.05) is 56.3 Å². The molecule has 0 fully saturated rings.